The third kappa shape index (κ3) is 3.02. The Hall–Kier alpha value is -1.96. The van der Waals surface area contributed by atoms with E-state index in [1.54, 1.807) is 6.92 Å². The Balaban J connectivity index is 2.44. The molecule has 0 saturated carbocycles. The van der Waals surface area contributed by atoms with Crippen molar-refractivity contribution >= 4 is 11.9 Å². The molecule has 16 heavy (non-hydrogen) atoms. The van der Waals surface area contributed by atoms with Crippen molar-refractivity contribution in [1.29, 1.82) is 0 Å². The fraction of sp³-hybridized carbons (Fsp3) is 0.500. The van der Waals surface area contributed by atoms with E-state index in [1.807, 2.05) is 0 Å². The summed E-state index contributed by atoms with van der Waals surface area (Å²) in [5.41, 5.74) is 0. The van der Waals surface area contributed by atoms with Crippen molar-refractivity contribution < 1.29 is 19.8 Å². The van der Waals surface area contributed by atoms with E-state index in [9.17, 15) is 9.59 Å². The largest absolute Gasteiger partial charge is 0.479 e. The zero-order valence-corrected chi connectivity index (χ0v) is 8.57. The highest BCUT2D eigenvalue weighted by atomic mass is 16.4. The summed E-state index contributed by atoms with van der Waals surface area (Å²) in [5, 5.41) is 23.4. The first-order chi connectivity index (χ1) is 7.52. The average Bonchev–Trinajstić information content (AvgIpc) is 2.77. The van der Waals surface area contributed by atoms with E-state index in [0.29, 0.717) is 0 Å². The highest BCUT2D eigenvalue weighted by Crippen LogP contribution is 2.01. The lowest BCUT2D eigenvalue weighted by Crippen LogP contribution is -2.39. The van der Waals surface area contributed by atoms with Crippen molar-refractivity contribution in [2.24, 2.45) is 0 Å². The first-order valence-corrected chi connectivity index (χ1v) is 4.55. The van der Waals surface area contributed by atoms with Gasteiger partial charge in [0.15, 0.2) is 6.10 Å². The summed E-state index contributed by atoms with van der Waals surface area (Å²) in [7, 11) is 0. The summed E-state index contributed by atoms with van der Waals surface area (Å²) in [5.74, 6) is -1.82. The molecular formula is C8H12N4O4. The lowest BCUT2D eigenvalue weighted by atomic mass is 10.3. The lowest BCUT2D eigenvalue weighted by molar-refractivity contribution is -0.146. The van der Waals surface area contributed by atoms with Gasteiger partial charge < -0.3 is 15.5 Å². The highest BCUT2D eigenvalue weighted by Gasteiger charge is 2.18. The summed E-state index contributed by atoms with van der Waals surface area (Å²) in [6.07, 6.45) is 1.06. The molecule has 2 atom stereocenters. The molecule has 1 heterocycles. The molecule has 0 spiro atoms. The molecule has 0 aliphatic rings. The van der Waals surface area contributed by atoms with Gasteiger partial charge in [-0.3, -0.25) is 4.79 Å². The van der Waals surface area contributed by atoms with Crippen molar-refractivity contribution in [3.8, 4) is 0 Å². The second-order valence-corrected chi connectivity index (χ2v) is 3.15. The first kappa shape index (κ1) is 12.1. The van der Waals surface area contributed by atoms with Crippen LogP contribution < -0.4 is 5.32 Å². The number of rotatable bonds is 5. The number of aliphatic hydroxyl groups excluding tert-OH is 1. The first-order valence-electron chi connectivity index (χ1n) is 4.55. The fourth-order valence-corrected chi connectivity index (χ4v) is 0.970. The Morgan fingerprint density at radius 1 is 1.56 bits per heavy atom. The molecule has 0 fully saturated rings. The summed E-state index contributed by atoms with van der Waals surface area (Å²) in [6.45, 7) is 1.24. The Morgan fingerprint density at radius 2 is 2.25 bits per heavy atom. The number of amides is 1. The van der Waals surface area contributed by atoms with Crippen LogP contribution in [0, 0.1) is 0 Å². The summed E-state index contributed by atoms with van der Waals surface area (Å²) >= 11 is 0. The molecule has 1 unspecified atom stereocenters. The number of hydrogen-bond acceptors (Lipinski definition) is 5. The quantitative estimate of drug-likeness (QED) is 0.558. The van der Waals surface area contributed by atoms with E-state index >= 15 is 0 Å². The van der Waals surface area contributed by atoms with Crippen LogP contribution in [0.15, 0.2) is 12.7 Å². The number of carboxylic acids is 1. The maximum Gasteiger partial charge on any atom is 0.334 e. The molecular weight excluding hydrogens is 216 g/mol. The SMILES string of the molecule is CC(C(=O)NC[C@H](O)C(=O)O)n1cncn1. The van der Waals surface area contributed by atoms with Crippen LogP contribution in [0.2, 0.25) is 0 Å². The van der Waals surface area contributed by atoms with Gasteiger partial charge in [-0.15, -0.1) is 0 Å². The summed E-state index contributed by atoms with van der Waals surface area (Å²) in [6, 6.07) is -0.608. The van der Waals surface area contributed by atoms with Gasteiger partial charge in [-0.05, 0) is 6.92 Å². The maximum absolute atomic E-state index is 11.5. The van der Waals surface area contributed by atoms with Crippen molar-refractivity contribution in [2.45, 2.75) is 19.1 Å². The third-order valence-corrected chi connectivity index (χ3v) is 1.97. The Morgan fingerprint density at radius 3 is 2.75 bits per heavy atom. The van der Waals surface area contributed by atoms with Gasteiger partial charge in [0.2, 0.25) is 5.91 Å². The molecule has 8 heteroatoms. The van der Waals surface area contributed by atoms with E-state index in [4.69, 9.17) is 10.2 Å². The van der Waals surface area contributed by atoms with Crippen molar-refractivity contribution in [1.82, 2.24) is 20.1 Å². The van der Waals surface area contributed by atoms with Crippen LogP contribution >= 0.6 is 0 Å². The van der Waals surface area contributed by atoms with E-state index in [-0.39, 0.29) is 6.54 Å². The van der Waals surface area contributed by atoms with Crippen LogP contribution in [-0.2, 0) is 9.59 Å². The monoisotopic (exact) mass is 228 g/mol. The number of carbonyl (C=O) groups excluding carboxylic acids is 1. The molecule has 3 N–H and O–H groups in total. The molecule has 88 valence electrons. The molecule has 0 saturated heterocycles. The molecule has 1 rings (SSSR count). The van der Waals surface area contributed by atoms with Crippen LogP contribution in [0.4, 0.5) is 0 Å². The number of carboxylic acid groups (broad SMARTS) is 1. The molecule has 0 radical (unpaired) electrons. The predicted molar refractivity (Wildman–Crippen MR) is 51.4 cm³/mol. The van der Waals surface area contributed by atoms with Crippen LogP contribution in [0.25, 0.3) is 0 Å². The smallest absolute Gasteiger partial charge is 0.334 e. The molecule has 8 nitrogen and oxygen atoms in total. The maximum atomic E-state index is 11.5. The molecule has 0 aliphatic carbocycles. The lowest BCUT2D eigenvalue weighted by Gasteiger charge is -2.12. The van der Waals surface area contributed by atoms with E-state index in [1.165, 1.54) is 17.3 Å². The number of carbonyl (C=O) groups is 2. The highest BCUT2D eigenvalue weighted by molar-refractivity contribution is 5.80. The second-order valence-electron chi connectivity index (χ2n) is 3.15. The van der Waals surface area contributed by atoms with Crippen molar-refractivity contribution in [3.63, 3.8) is 0 Å². The Bertz CT molecular complexity index is 364. The molecule has 1 aromatic rings. The number of aliphatic hydroxyl groups is 1. The van der Waals surface area contributed by atoms with Crippen LogP contribution in [0.5, 0.6) is 0 Å². The third-order valence-electron chi connectivity index (χ3n) is 1.97. The van der Waals surface area contributed by atoms with Gasteiger partial charge in [0.1, 0.15) is 18.7 Å². The number of hydrogen-bond donors (Lipinski definition) is 3. The minimum atomic E-state index is -1.60. The van der Waals surface area contributed by atoms with Crippen LogP contribution in [0.3, 0.4) is 0 Å². The number of nitrogens with one attached hydrogen (secondary N) is 1. The van der Waals surface area contributed by atoms with E-state index < -0.39 is 24.0 Å². The van der Waals surface area contributed by atoms with Gasteiger partial charge in [0.05, 0.1) is 6.54 Å². The van der Waals surface area contributed by atoms with Gasteiger partial charge in [-0.2, -0.15) is 5.10 Å². The summed E-state index contributed by atoms with van der Waals surface area (Å²) in [4.78, 5) is 25.4. The van der Waals surface area contributed by atoms with Gasteiger partial charge >= 0.3 is 5.97 Å². The molecule has 1 amide bonds. The molecule has 0 aromatic carbocycles. The van der Waals surface area contributed by atoms with Crippen LogP contribution in [-0.4, -0.2) is 49.5 Å². The summed E-state index contributed by atoms with van der Waals surface area (Å²) < 4.78 is 1.32. The standard InChI is InChI=1S/C8H12N4O4/c1-5(12-4-9-3-11-12)7(14)10-2-6(13)8(15)16/h3-6,13H,2H2,1H3,(H,10,14)(H,15,16)/t5?,6-/m0/s1. The minimum Gasteiger partial charge on any atom is -0.479 e. The zero-order chi connectivity index (χ0) is 12.1. The van der Waals surface area contributed by atoms with E-state index in [2.05, 4.69) is 15.4 Å². The van der Waals surface area contributed by atoms with Gasteiger partial charge in [0.25, 0.3) is 0 Å². The number of aromatic nitrogens is 3. The number of aliphatic carboxylic acids is 1. The molecule has 1 aromatic heterocycles. The fourth-order valence-electron chi connectivity index (χ4n) is 0.970. The van der Waals surface area contributed by atoms with Crippen molar-refractivity contribution in [2.75, 3.05) is 6.54 Å². The normalized spacial score (nSPS) is 14.1. The van der Waals surface area contributed by atoms with Crippen molar-refractivity contribution in [3.05, 3.63) is 12.7 Å². The Labute approximate surface area is 90.9 Å². The van der Waals surface area contributed by atoms with Gasteiger partial charge in [-0.25, -0.2) is 14.5 Å². The van der Waals surface area contributed by atoms with Gasteiger partial charge in [0, 0.05) is 0 Å². The number of nitrogens with zero attached hydrogens (tertiary/aromatic N) is 3. The Kier molecular flexibility index (Phi) is 3.95. The topological polar surface area (TPSA) is 117 Å². The predicted octanol–water partition coefficient (Wildman–Crippen LogP) is -1.60. The minimum absolute atomic E-state index is 0.340. The average molecular weight is 228 g/mol. The van der Waals surface area contributed by atoms with Crippen LogP contribution in [0.1, 0.15) is 13.0 Å². The molecule has 0 bridgehead atoms. The second kappa shape index (κ2) is 5.21. The zero-order valence-electron chi connectivity index (χ0n) is 8.57. The van der Waals surface area contributed by atoms with Gasteiger partial charge in [-0.1, -0.05) is 0 Å². The molecule has 0 aliphatic heterocycles. The van der Waals surface area contributed by atoms with E-state index in [0.717, 1.165) is 0 Å².